The van der Waals surface area contributed by atoms with Crippen LogP contribution in [-0.2, 0) is 14.3 Å². The summed E-state index contributed by atoms with van der Waals surface area (Å²) in [7, 11) is 1.27. The van der Waals surface area contributed by atoms with Crippen LogP contribution in [0.3, 0.4) is 0 Å². The first-order valence-corrected chi connectivity index (χ1v) is 9.17. The Balaban J connectivity index is 2.20. The zero-order valence-electron chi connectivity index (χ0n) is 17.0. The number of nitrogens with zero attached hydrogens (tertiary/aromatic N) is 1. The molecule has 9 heteroatoms. The molecule has 160 valence electrons. The van der Waals surface area contributed by atoms with E-state index in [0.29, 0.717) is 34.9 Å². The van der Waals surface area contributed by atoms with Crippen LogP contribution in [0.15, 0.2) is 48.0 Å². The lowest BCUT2D eigenvalue weighted by Crippen LogP contribution is -2.20. The molecule has 2 amide bonds. The summed E-state index contributed by atoms with van der Waals surface area (Å²) in [6.45, 7) is 1.81. The largest absolute Gasteiger partial charge is 0.490 e. The molecule has 0 aliphatic heterocycles. The number of ether oxygens (including phenoxy) is 3. The number of esters is 1. The van der Waals surface area contributed by atoms with Gasteiger partial charge >= 0.3 is 5.97 Å². The Labute approximate surface area is 179 Å². The Morgan fingerprint density at radius 1 is 1.10 bits per heavy atom. The van der Waals surface area contributed by atoms with E-state index >= 15 is 0 Å². The van der Waals surface area contributed by atoms with E-state index in [1.54, 1.807) is 25.1 Å². The number of hydrogen-bond donors (Lipinski definition) is 2. The molecule has 0 heterocycles. The molecule has 2 aromatic carbocycles. The van der Waals surface area contributed by atoms with Gasteiger partial charge in [0.25, 0.3) is 11.8 Å². The topological polar surface area (TPSA) is 141 Å². The molecule has 2 aromatic rings. The van der Waals surface area contributed by atoms with Crippen molar-refractivity contribution in [1.82, 2.24) is 0 Å². The van der Waals surface area contributed by atoms with Gasteiger partial charge in [-0.25, -0.2) is 4.79 Å². The van der Waals surface area contributed by atoms with Gasteiger partial charge < -0.3 is 25.3 Å². The van der Waals surface area contributed by atoms with Gasteiger partial charge in [-0.3, -0.25) is 9.59 Å². The molecular formula is C22H21N3O6. The number of carbonyl (C=O) groups excluding carboxylic acids is 3. The van der Waals surface area contributed by atoms with Crippen LogP contribution in [0.25, 0.3) is 6.08 Å². The molecule has 0 aromatic heterocycles. The molecule has 9 nitrogen and oxygen atoms in total. The number of nitriles is 1. The summed E-state index contributed by atoms with van der Waals surface area (Å²) in [5, 5.41) is 12.0. The summed E-state index contributed by atoms with van der Waals surface area (Å²) in [5.74, 6) is -1.10. The molecule has 0 radical (unpaired) electrons. The van der Waals surface area contributed by atoms with E-state index < -0.39 is 17.8 Å². The maximum absolute atomic E-state index is 12.5. The van der Waals surface area contributed by atoms with E-state index in [9.17, 15) is 19.6 Å². The second-order valence-electron chi connectivity index (χ2n) is 6.09. The number of anilines is 1. The first-order valence-electron chi connectivity index (χ1n) is 9.17. The summed E-state index contributed by atoms with van der Waals surface area (Å²) in [5.41, 5.74) is 6.19. The van der Waals surface area contributed by atoms with Crippen LogP contribution in [0.4, 0.5) is 5.69 Å². The number of rotatable bonds is 9. The third-order valence-corrected chi connectivity index (χ3v) is 3.88. The number of benzene rings is 2. The van der Waals surface area contributed by atoms with E-state index in [2.05, 4.69) is 10.1 Å². The fourth-order valence-corrected chi connectivity index (χ4v) is 2.47. The normalized spacial score (nSPS) is 10.5. The van der Waals surface area contributed by atoms with Gasteiger partial charge in [-0.15, -0.1) is 0 Å². The fraction of sp³-hybridized carbons (Fsp3) is 0.182. The molecule has 0 fully saturated rings. The molecule has 3 N–H and O–H groups in total. The van der Waals surface area contributed by atoms with E-state index in [0.717, 1.165) is 0 Å². The number of primary amides is 1. The van der Waals surface area contributed by atoms with Gasteiger partial charge in [-0.1, -0.05) is 6.07 Å². The van der Waals surface area contributed by atoms with Crippen molar-refractivity contribution in [2.45, 2.75) is 6.92 Å². The molecule has 0 aliphatic rings. The molecule has 0 saturated carbocycles. The highest BCUT2D eigenvalue weighted by molar-refractivity contribution is 6.09. The van der Waals surface area contributed by atoms with Crippen molar-refractivity contribution in [3.05, 3.63) is 59.2 Å². The zero-order valence-corrected chi connectivity index (χ0v) is 17.0. The Morgan fingerprint density at radius 2 is 1.81 bits per heavy atom. The maximum Gasteiger partial charge on any atom is 0.337 e. The van der Waals surface area contributed by atoms with Gasteiger partial charge in [0.05, 0.1) is 19.3 Å². The van der Waals surface area contributed by atoms with Gasteiger partial charge in [-0.05, 0) is 55.0 Å². The van der Waals surface area contributed by atoms with Gasteiger partial charge in [-0.2, -0.15) is 5.26 Å². The molecular weight excluding hydrogens is 402 g/mol. The monoisotopic (exact) mass is 423 g/mol. The Kier molecular flexibility index (Phi) is 8.16. The van der Waals surface area contributed by atoms with Crippen molar-refractivity contribution < 1.29 is 28.6 Å². The summed E-state index contributed by atoms with van der Waals surface area (Å²) in [6, 6.07) is 12.6. The number of carbonyl (C=O) groups is 3. The van der Waals surface area contributed by atoms with E-state index in [4.69, 9.17) is 15.2 Å². The predicted molar refractivity (Wildman–Crippen MR) is 112 cm³/mol. The molecule has 2 rings (SSSR count). The summed E-state index contributed by atoms with van der Waals surface area (Å²) >= 11 is 0. The van der Waals surface area contributed by atoms with E-state index in [-0.39, 0.29) is 12.2 Å². The SMILES string of the molecule is CCOc1cc(/C=C(\C#N)C(=O)Nc2ccc(C(=O)OC)cc2)ccc1OCC(N)=O. The Bertz CT molecular complexity index is 1040. The minimum absolute atomic E-state index is 0.148. The van der Waals surface area contributed by atoms with Crippen molar-refractivity contribution in [1.29, 1.82) is 5.26 Å². The number of methoxy groups -OCH3 is 1. The number of hydrogen-bond acceptors (Lipinski definition) is 7. The minimum Gasteiger partial charge on any atom is -0.490 e. The van der Waals surface area contributed by atoms with Crippen molar-refractivity contribution >= 4 is 29.5 Å². The lowest BCUT2D eigenvalue weighted by Gasteiger charge is -2.11. The fourth-order valence-electron chi connectivity index (χ4n) is 2.47. The highest BCUT2D eigenvalue weighted by atomic mass is 16.5. The highest BCUT2D eigenvalue weighted by Crippen LogP contribution is 2.29. The van der Waals surface area contributed by atoms with Gasteiger partial charge in [0, 0.05) is 5.69 Å². The lowest BCUT2D eigenvalue weighted by atomic mass is 10.1. The zero-order chi connectivity index (χ0) is 22.8. The smallest absolute Gasteiger partial charge is 0.337 e. The molecule has 0 unspecified atom stereocenters. The quantitative estimate of drug-likeness (QED) is 0.358. The van der Waals surface area contributed by atoms with Crippen molar-refractivity contribution in [3.8, 4) is 17.6 Å². The van der Waals surface area contributed by atoms with Crippen molar-refractivity contribution in [2.75, 3.05) is 25.6 Å². The van der Waals surface area contributed by atoms with Crippen LogP contribution in [0.5, 0.6) is 11.5 Å². The summed E-state index contributed by atoms with van der Waals surface area (Å²) in [6.07, 6.45) is 1.39. The van der Waals surface area contributed by atoms with Crippen molar-refractivity contribution in [3.63, 3.8) is 0 Å². The van der Waals surface area contributed by atoms with Gasteiger partial charge in [0.15, 0.2) is 18.1 Å². The lowest BCUT2D eigenvalue weighted by molar-refractivity contribution is -0.120. The molecule has 0 saturated heterocycles. The molecule has 0 aliphatic carbocycles. The van der Waals surface area contributed by atoms with Crippen LogP contribution in [0, 0.1) is 11.3 Å². The van der Waals surface area contributed by atoms with E-state index in [1.165, 1.54) is 37.5 Å². The van der Waals surface area contributed by atoms with Gasteiger partial charge in [0.2, 0.25) is 0 Å². The van der Waals surface area contributed by atoms with Crippen LogP contribution < -0.4 is 20.5 Å². The third-order valence-electron chi connectivity index (χ3n) is 3.88. The van der Waals surface area contributed by atoms with E-state index in [1.807, 2.05) is 6.07 Å². The summed E-state index contributed by atoms with van der Waals surface area (Å²) < 4.78 is 15.4. The van der Waals surface area contributed by atoms with Crippen molar-refractivity contribution in [2.24, 2.45) is 5.73 Å². The van der Waals surface area contributed by atoms with Crippen LogP contribution in [0.1, 0.15) is 22.8 Å². The van der Waals surface area contributed by atoms with Crippen LogP contribution in [-0.4, -0.2) is 38.1 Å². The molecule has 0 bridgehead atoms. The Hall–Kier alpha value is -4.32. The predicted octanol–water partition coefficient (Wildman–Crippen LogP) is 2.28. The number of nitrogens with one attached hydrogen (secondary N) is 1. The average Bonchev–Trinajstić information content (AvgIpc) is 2.76. The minimum atomic E-state index is -0.630. The molecule has 31 heavy (non-hydrogen) atoms. The van der Waals surface area contributed by atoms with Crippen LogP contribution >= 0.6 is 0 Å². The second-order valence-corrected chi connectivity index (χ2v) is 6.09. The third kappa shape index (κ3) is 6.61. The maximum atomic E-state index is 12.5. The molecule has 0 atom stereocenters. The molecule has 0 spiro atoms. The standard InChI is InChI=1S/C22H21N3O6/c1-3-30-19-11-14(4-9-18(19)31-13-20(24)26)10-16(12-23)21(27)25-17-7-5-15(6-8-17)22(28)29-2/h4-11H,3,13H2,1-2H3,(H2,24,26)(H,25,27)/b16-10+. The second kappa shape index (κ2) is 11.0. The first-order chi connectivity index (χ1) is 14.9. The highest BCUT2D eigenvalue weighted by Gasteiger charge is 2.13. The van der Waals surface area contributed by atoms with Crippen LogP contribution in [0.2, 0.25) is 0 Å². The number of nitrogens with two attached hydrogens (primary N) is 1. The summed E-state index contributed by atoms with van der Waals surface area (Å²) in [4.78, 5) is 34.9. The van der Waals surface area contributed by atoms with Gasteiger partial charge in [0.1, 0.15) is 11.6 Å². The average molecular weight is 423 g/mol. The number of amides is 2. The Morgan fingerprint density at radius 3 is 2.39 bits per heavy atom. The first kappa shape index (κ1) is 23.0.